The summed E-state index contributed by atoms with van der Waals surface area (Å²) in [5, 5.41) is 5.40. The second-order valence-electron chi connectivity index (χ2n) is 5.44. The van der Waals surface area contributed by atoms with Gasteiger partial charge >= 0.3 is 0 Å². The number of nitrogens with one attached hydrogen (secondary N) is 1. The Bertz CT molecular complexity index is 663. The predicted octanol–water partition coefficient (Wildman–Crippen LogP) is 3.01. The van der Waals surface area contributed by atoms with Gasteiger partial charge in [-0.15, -0.1) is 0 Å². The van der Waals surface area contributed by atoms with E-state index in [-0.39, 0.29) is 5.91 Å². The van der Waals surface area contributed by atoms with Gasteiger partial charge in [0.2, 0.25) is 5.91 Å². The molecule has 3 heteroatoms. The fraction of sp³-hybridized carbons (Fsp3) is 0.353. The van der Waals surface area contributed by atoms with Crippen LogP contribution in [0.4, 0.5) is 0 Å². The fourth-order valence-electron chi connectivity index (χ4n) is 3.03. The normalized spacial score (nSPS) is 17.0. The van der Waals surface area contributed by atoms with Crippen LogP contribution in [-0.2, 0) is 11.2 Å². The summed E-state index contributed by atoms with van der Waals surface area (Å²) in [7, 11) is 1.69. The van der Waals surface area contributed by atoms with Crippen LogP contribution in [0.3, 0.4) is 0 Å². The molecule has 1 atom stereocenters. The van der Waals surface area contributed by atoms with Gasteiger partial charge in [0.05, 0.1) is 7.11 Å². The zero-order valence-corrected chi connectivity index (χ0v) is 11.9. The van der Waals surface area contributed by atoms with E-state index >= 15 is 0 Å². The minimum Gasteiger partial charge on any atom is -0.497 e. The number of hydrogen-bond donors (Lipinski definition) is 1. The van der Waals surface area contributed by atoms with Crippen molar-refractivity contribution in [2.75, 3.05) is 13.7 Å². The third-order valence-electron chi connectivity index (χ3n) is 4.10. The summed E-state index contributed by atoms with van der Waals surface area (Å²) in [5.74, 6) is 1.36. The molecule has 1 aliphatic rings. The first-order valence-electron chi connectivity index (χ1n) is 7.02. The van der Waals surface area contributed by atoms with Crippen molar-refractivity contribution < 1.29 is 9.53 Å². The van der Waals surface area contributed by atoms with Gasteiger partial charge < -0.3 is 10.1 Å². The molecule has 0 fully saturated rings. The lowest BCUT2D eigenvalue weighted by Gasteiger charge is -2.13. The molecule has 1 amide bonds. The van der Waals surface area contributed by atoms with Crippen LogP contribution >= 0.6 is 0 Å². The molecule has 20 heavy (non-hydrogen) atoms. The van der Waals surface area contributed by atoms with Crippen molar-refractivity contribution in [3.05, 3.63) is 41.5 Å². The molecule has 1 N–H and O–H groups in total. The van der Waals surface area contributed by atoms with Gasteiger partial charge in [-0.1, -0.05) is 18.2 Å². The minimum atomic E-state index is 0.0425. The van der Waals surface area contributed by atoms with Crippen LogP contribution in [0.2, 0.25) is 0 Å². The summed E-state index contributed by atoms with van der Waals surface area (Å²) in [5.41, 5.74) is 2.79. The molecule has 0 bridgehead atoms. The lowest BCUT2D eigenvalue weighted by atomic mass is 9.97. The highest BCUT2D eigenvalue weighted by molar-refractivity contribution is 5.86. The van der Waals surface area contributed by atoms with Crippen molar-refractivity contribution in [2.45, 2.75) is 25.7 Å². The van der Waals surface area contributed by atoms with Crippen LogP contribution in [-0.4, -0.2) is 19.6 Å². The smallest absolute Gasteiger partial charge is 0.216 e. The van der Waals surface area contributed by atoms with Crippen molar-refractivity contribution in [3.63, 3.8) is 0 Å². The molecule has 1 unspecified atom stereocenters. The number of ether oxygens (including phenoxy) is 1. The number of rotatable bonds is 3. The standard InChI is InChI=1S/C17H19NO2/c1-11(19)18-10-14-4-3-13-7-12-5-6-16(20-2)8-15(12)9-17(13)14/h5-9,14H,3-4,10H2,1-2H3,(H,18,19). The average Bonchev–Trinajstić information content (AvgIpc) is 2.84. The molecule has 3 nitrogen and oxygen atoms in total. The van der Waals surface area contributed by atoms with Crippen molar-refractivity contribution >= 4 is 16.7 Å². The van der Waals surface area contributed by atoms with Gasteiger partial charge in [-0.25, -0.2) is 0 Å². The summed E-state index contributed by atoms with van der Waals surface area (Å²) < 4.78 is 5.29. The highest BCUT2D eigenvalue weighted by Crippen LogP contribution is 2.36. The molecule has 0 aromatic heterocycles. The first kappa shape index (κ1) is 13.0. The monoisotopic (exact) mass is 269 g/mol. The summed E-state index contributed by atoms with van der Waals surface area (Å²) in [6, 6.07) is 10.7. The summed E-state index contributed by atoms with van der Waals surface area (Å²) in [6.07, 6.45) is 2.21. The van der Waals surface area contributed by atoms with Crippen LogP contribution < -0.4 is 10.1 Å². The van der Waals surface area contributed by atoms with E-state index in [1.165, 1.54) is 21.9 Å². The lowest BCUT2D eigenvalue weighted by molar-refractivity contribution is -0.119. The van der Waals surface area contributed by atoms with Gasteiger partial charge in [0.1, 0.15) is 5.75 Å². The maximum atomic E-state index is 11.1. The molecule has 0 saturated heterocycles. The Labute approximate surface area is 118 Å². The molecule has 0 saturated carbocycles. The number of benzene rings is 2. The van der Waals surface area contributed by atoms with E-state index in [0.717, 1.165) is 25.1 Å². The highest BCUT2D eigenvalue weighted by Gasteiger charge is 2.23. The van der Waals surface area contributed by atoms with E-state index in [1.54, 1.807) is 14.0 Å². The van der Waals surface area contributed by atoms with Crippen LogP contribution in [0.15, 0.2) is 30.3 Å². The SMILES string of the molecule is COc1ccc2cc3c(cc2c1)C(CNC(C)=O)CC3. The second-order valence-corrected chi connectivity index (χ2v) is 5.44. The van der Waals surface area contributed by atoms with Gasteiger partial charge in [-0.2, -0.15) is 0 Å². The molecule has 0 radical (unpaired) electrons. The average molecular weight is 269 g/mol. The molecule has 2 aromatic carbocycles. The summed E-state index contributed by atoms with van der Waals surface area (Å²) >= 11 is 0. The van der Waals surface area contributed by atoms with Gasteiger partial charge in [-0.05, 0) is 46.9 Å². The molecular formula is C17H19NO2. The zero-order chi connectivity index (χ0) is 14.1. The number of fused-ring (bicyclic) bond motifs is 2. The third-order valence-corrected chi connectivity index (χ3v) is 4.10. The van der Waals surface area contributed by atoms with E-state index < -0.39 is 0 Å². The number of amides is 1. The second kappa shape index (κ2) is 5.16. The van der Waals surface area contributed by atoms with Crippen molar-refractivity contribution in [2.24, 2.45) is 0 Å². The molecule has 0 spiro atoms. The number of carbonyl (C=O) groups excluding carboxylic acids is 1. The maximum Gasteiger partial charge on any atom is 0.216 e. The van der Waals surface area contributed by atoms with E-state index in [9.17, 15) is 4.79 Å². The number of carbonyl (C=O) groups is 1. The number of methoxy groups -OCH3 is 1. The lowest BCUT2D eigenvalue weighted by Crippen LogP contribution is -2.24. The van der Waals surface area contributed by atoms with Gasteiger partial charge in [0.25, 0.3) is 0 Å². The van der Waals surface area contributed by atoms with E-state index in [1.807, 2.05) is 6.07 Å². The van der Waals surface area contributed by atoms with Crippen LogP contribution in [0.5, 0.6) is 5.75 Å². The first-order valence-corrected chi connectivity index (χ1v) is 7.02. The molecular weight excluding hydrogens is 250 g/mol. The Balaban J connectivity index is 1.96. The fourth-order valence-corrected chi connectivity index (χ4v) is 3.03. The Kier molecular flexibility index (Phi) is 3.35. The van der Waals surface area contributed by atoms with E-state index in [4.69, 9.17) is 4.74 Å². The summed E-state index contributed by atoms with van der Waals surface area (Å²) in [4.78, 5) is 11.1. The molecule has 1 aliphatic carbocycles. The zero-order valence-electron chi connectivity index (χ0n) is 11.9. The van der Waals surface area contributed by atoms with Gasteiger partial charge in [-0.3, -0.25) is 4.79 Å². The Morgan fingerprint density at radius 2 is 2.15 bits per heavy atom. The highest BCUT2D eigenvalue weighted by atomic mass is 16.5. The summed E-state index contributed by atoms with van der Waals surface area (Å²) in [6.45, 7) is 2.30. The maximum absolute atomic E-state index is 11.1. The topological polar surface area (TPSA) is 38.3 Å². The van der Waals surface area contributed by atoms with Crippen molar-refractivity contribution in [1.82, 2.24) is 5.32 Å². The number of aryl methyl sites for hydroxylation is 1. The molecule has 104 valence electrons. The van der Waals surface area contributed by atoms with Crippen molar-refractivity contribution in [1.29, 1.82) is 0 Å². The largest absolute Gasteiger partial charge is 0.497 e. The van der Waals surface area contributed by atoms with E-state index in [0.29, 0.717) is 5.92 Å². The van der Waals surface area contributed by atoms with Crippen LogP contribution in [0.25, 0.3) is 10.8 Å². The van der Waals surface area contributed by atoms with Crippen LogP contribution in [0.1, 0.15) is 30.4 Å². The Hall–Kier alpha value is -2.03. The number of hydrogen-bond acceptors (Lipinski definition) is 2. The molecule has 3 rings (SSSR count). The molecule has 2 aromatic rings. The van der Waals surface area contributed by atoms with Crippen LogP contribution in [0, 0.1) is 0 Å². The predicted molar refractivity (Wildman–Crippen MR) is 80.2 cm³/mol. The van der Waals surface area contributed by atoms with Crippen molar-refractivity contribution in [3.8, 4) is 5.75 Å². The van der Waals surface area contributed by atoms with E-state index in [2.05, 4.69) is 29.6 Å². The molecule has 0 aliphatic heterocycles. The minimum absolute atomic E-state index is 0.0425. The van der Waals surface area contributed by atoms with Gasteiger partial charge in [0, 0.05) is 19.4 Å². The third kappa shape index (κ3) is 2.36. The van der Waals surface area contributed by atoms with Gasteiger partial charge in [0.15, 0.2) is 0 Å². The quantitative estimate of drug-likeness (QED) is 0.930. The molecule has 0 heterocycles. The Morgan fingerprint density at radius 3 is 2.90 bits per heavy atom. The first-order chi connectivity index (χ1) is 9.67. The Morgan fingerprint density at radius 1 is 1.30 bits per heavy atom.